The molecule has 0 spiro atoms. The number of carbonyl (C=O) groups excluding carboxylic acids is 1. The topological polar surface area (TPSA) is 26.3 Å². The van der Waals surface area contributed by atoms with E-state index in [2.05, 4.69) is 19.9 Å². The molecule has 0 saturated heterocycles. The average molecular weight is 286 g/mol. The van der Waals surface area contributed by atoms with Crippen LogP contribution in [-0.2, 0) is 4.79 Å². The van der Waals surface area contributed by atoms with Crippen molar-refractivity contribution in [2.24, 2.45) is 5.92 Å². The van der Waals surface area contributed by atoms with Crippen molar-refractivity contribution in [1.29, 1.82) is 0 Å². The van der Waals surface area contributed by atoms with Crippen LogP contribution in [0.15, 0.2) is 18.2 Å². The molecule has 0 N–H and O–H groups in total. The Balaban J connectivity index is 2.02. The van der Waals surface area contributed by atoms with Gasteiger partial charge in [-0.3, -0.25) is 4.79 Å². The zero-order chi connectivity index (χ0) is 15.2. The number of ketones is 1. The summed E-state index contributed by atoms with van der Waals surface area (Å²) in [6.07, 6.45) is 10.7. The van der Waals surface area contributed by atoms with Gasteiger partial charge >= 0.3 is 0 Å². The van der Waals surface area contributed by atoms with Gasteiger partial charge in [0.1, 0.15) is 5.75 Å². The van der Waals surface area contributed by atoms with Crippen LogP contribution in [-0.4, -0.2) is 12.9 Å². The van der Waals surface area contributed by atoms with Crippen molar-refractivity contribution < 1.29 is 9.53 Å². The van der Waals surface area contributed by atoms with E-state index in [0.717, 1.165) is 11.3 Å². The molecule has 114 valence electrons. The lowest BCUT2D eigenvalue weighted by Gasteiger charge is -2.19. The van der Waals surface area contributed by atoms with E-state index in [1.54, 1.807) is 13.2 Å². The van der Waals surface area contributed by atoms with Crippen LogP contribution >= 0.6 is 0 Å². The van der Waals surface area contributed by atoms with Crippen LogP contribution < -0.4 is 4.74 Å². The van der Waals surface area contributed by atoms with Crippen LogP contribution in [0, 0.1) is 19.8 Å². The first-order valence-corrected chi connectivity index (χ1v) is 7.96. The second-order valence-corrected chi connectivity index (χ2v) is 6.19. The quantitative estimate of drug-likeness (QED) is 0.722. The number of benzene rings is 1. The van der Waals surface area contributed by atoms with Gasteiger partial charge in [0.05, 0.1) is 7.11 Å². The predicted molar refractivity (Wildman–Crippen MR) is 87.7 cm³/mol. The molecule has 0 bridgehead atoms. The number of hydrogen-bond donors (Lipinski definition) is 0. The van der Waals surface area contributed by atoms with Gasteiger partial charge in [-0.25, -0.2) is 0 Å². The van der Waals surface area contributed by atoms with E-state index >= 15 is 0 Å². The molecule has 0 unspecified atom stereocenters. The summed E-state index contributed by atoms with van der Waals surface area (Å²) in [6.45, 7) is 4.15. The van der Waals surface area contributed by atoms with E-state index in [9.17, 15) is 4.79 Å². The van der Waals surface area contributed by atoms with E-state index in [1.165, 1.54) is 43.2 Å². The Bertz CT molecular complexity index is 523. The second kappa shape index (κ2) is 7.44. The Labute approximate surface area is 128 Å². The molecule has 1 aromatic carbocycles. The van der Waals surface area contributed by atoms with Gasteiger partial charge in [-0.1, -0.05) is 32.1 Å². The number of aryl methyl sites for hydroxylation is 2. The molecule has 0 aromatic heterocycles. The average Bonchev–Trinajstić information content (AvgIpc) is 2.49. The van der Waals surface area contributed by atoms with Gasteiger partial charge in [0.15, 0.2) is 5.78 Å². The molecule has 0 radical (unpaired) electrons. The van der Waals surface area contributed by atoms with Crippen molar-refractivity contribution in [3.05, 3.63) is 34.9 Å². The fraction of sp³-hybridized carbons (Fsp3) is 0.526. The first kappa shape index (κ1) is 15.8. The molecule has 2 nitrogen and oxygen atoms in total. The van der Waals surface area contributed by atoms with Crippen LogP contribution in [0.3, 0.4) is 0 Å². The normalized spacial score (nSPS) is 16.3. The first-order valence-electron chi connectivity index (χ1n) is 7.96. The summed E-state index contributed by atoms with van der Waals surface area (Å²) in [5, 5.41) is 0. The summed E-state index contributed by atoms with van der Waals surface area (Å²) >= 11 is 0. The lowest BCUT2D eigenvalue weighted by molar-refractivity contribution is -0.115. The van der Waals surface area contributed by atoms with Crippen molar-refractivity contribution in [3.63, 3.8) is 0 Å². The highest BCUT2D eigenvalue weighted by molar-refractivity contribution is 5.94. The minimum atomic E-state index is 0.238. The zero-order valence-corrected chi connectivity index (χ0v) is 13.4. The fourth-order valence-corrected chi connectivity index (χ4v) is 3.05. The molecular formula is C19H26O2. The van der Waals surface area contributed by atoms with Gasteiger partial charge in [-0.05, 0) is 55.2 Å². The highest BCUT2D eigenvalue weighted by Gasteiger charge is 2.15. The van der Waals surface area contributed by atoms with Gasteiger partial charge in [-0.2, -0.15) is 0 Å². The standard InChI is InChI=1S/C19H26O2/c1-14-11-17(19(21-3)12-15(14)2)9-10-18(20)13-16-7-5-4-6-8-16/h9-12,16H,4-8,13H2,1-3H3/b10-9+. The first-order chi connectivity index (χ1) is 10.1. The monoisotopic (exact) mass is 286 g/mol. The molecule has 1 aliphatic carbocycles. The number of hydrogen-bond acceptors (Lipinski definition) is 2. The summed E-state index contributed by atoms with van der Waals surface area (Å²) in [7, 11) is 1.67. The lowest BCUT2D eigenvalue weighted by atomic mass is 9.86. The van der Waals surface area contributed by atoms with E-state index in [4.69, 9.17) is 4.74 Å². The summed E-state index contributed by atoms with van der Waals surface area (Å²) < 4.78 is 5.40. The third-order valence-corrected chi connectivity index (χ3v) is 4.51. The van der Waals surface area contributed by atoms with Crippen molar-refractivity contribution in [1.82, 2.24) is 0 Å². The molecule has 1 aromatic rings. The fourth-order valence-electron chi connectivity index (χ4n) is 3.05. The molecule has 0 aliphatic heterocycles. The molecule has 0 amide bonds. The largest absolute Gasteiger partial charge is 0.496 e. The van der Waals surface area contributed by atoms with E-state index in [0.29, 0.717) is 12.3 Å². The second-order valence-electron chi connectivity index (χ2n) is 6.19. The SMILES string of the molecule is COc1cc(C)c(C)cc1/C=C/C(=O)CC1CCCCC1. The lowest BCUT2D eigenvalue weighted by Crippen LogP contribution is -2.10. The van der Waals surface area contributed by atoms with Crippen LogP contribution in [0.5, 0.6) is 5.75 Å². The maximum atomic E-state index is 12.1. The van der Waals surface area contributed by atoms with E-state index in [-0.39, 0.29) is 5.78 Å². The van der Waals surface area contributed by atoms with Crippen molar-refractivity contribution in [3.8, 4) is 5.75 Å². The number of allylic oxidation sites excluding steroid dienone is 1. The Kier molecular flexibility index (Phi) is 5.60. The molecular weight excluding hydrogens is 260 g/mol. The molecule has 2 rings (SSSR count). The van der Waals surface area contributed by atoms with E-state index < -0.39 is 0 Å². The molecule has 1 fully saturated rings. The van der Waals surface area contributed by atoms with Crippen molar-refractivity contribution in [2.75, 3.05) is 7.11 Å². The maximum Gasteiger partial charge on any atom is 0.155 e. The number of methoxy groups -OCH3 is 1. The zero-order valence-electron chi connectivity index (χ0n) is 13.4. The third kappa shape index (κ3) is 4.45. The van der Waals surface area contributed by atoms with Gasteiger partial charge < -0.3 is 4.74 Å². The number of ether oxygens (including phenoxy) is 1. The van der Waals surface area contributed by atoms with Crippen molar-refractivity contribution in [2.45, 2.75) is 52.4 Å². The highest BCUT2D eigenvalue weighted by Crippen LogP contribution is 2.27. The molecule has 21 heavy (non-hydrogen) atoms. The molecule has 1 aliphatic rings. The minimum absolute atomic E-state index is 0.238. The number of rotatable bonds is 5. The van der Waals surface area contributed by atoms with Crippen molar-refractivity contribution >= 4 is 11.9 Å². The maximum absolute atomic E-state index is 12.1. The Hall–Kier alpha value is -1.57. The van der Waals surface area contributed by atoms with Crippen LogP contribution in [0.4, 0.5) is 0 Å². The molecule has 2 heteroatoms. The summed E-state index contributed by atoms with van der Waals surface area (Å²) in [5.41, 5.74) is 3.41. The van der Waals surface area contributed by atoms with Crippen LogP contribution in [0.2, 0.25) is 0 Å². The molecule has 0 heterocycles. The minimum Gasteiger partial charge on any atom is -0.496 e. The Morgan fingerprint density at radius 1 is 1.19 bits per heavy atom. The van der Waals surface area contributed by atoms with Gasteiger partial charge in [0.25, 0.3) is 0 Å². The summed E-state index contributed by atoms with van der Waals surface area (Å²) in [6, 6.07) is 4.11. The van der Waals surface area contributed by atoms with E-state index in [1.807, 2.05) is 12.1 Å². The molecule has 1 saturated carbocycles. The summed E-state index contributed by atoms with van der Waals surface area (Å²) in [5.74, 6) is 1.67. The smallest absolute Gasteiger partial charge is 0.155 e. The van der Waals surface area contributed by atoms with Gasteiger partial charge in [0.2, 0.25) is 0 Å². The third-order valence-electron chi connectivity index (χ3n) is 4.51. The summed E-state index contributed by atoms with van der Waals surface area (Å²) in [4.78, 5) is 12.1. The van der Waals surface area contributed by atoms with Gasteiger partial charge in [0, 0.05) is 12.0 Å². The Morgan fingerprint density at radius 3 is 2.52 bits per heavy atom. The van der Waals surface area contributed by atoms with Crippen LogP contribution in [0.1, 0.15) is 55.2 Å². The predicted octanol–water partition coefficient (Wildman–Crippen LogP) is 4.86. The van der Waals surface area contributed by atoms with Crippen LogP contribution in [0.25, 0.3) is 6.08 Å². The van der Waals surface area contributed by atoms with Gasteiger partial charge in [-0.15, -0.1) is 0 Å². The highest BCUT2D eigenvalue weighted by atomic mass is 16.5. The number of carbonyl (C=O) groups is 1. The molecule has 0 atom stereocenters. The Morgan fingerprint density at radius 2 is 1.86 bits per heavy atom.